The van der Waals surface area contributed by atoms with Gasteiger partial charge in [0, 0.05) is 0 Å². The topological polar surface area (TPSA) is 45.0 Å². The number of rotatable bonds is 8. The molecule has 124 valence electrons. The SMILES string of the molecule is CCCCCOc1ccc(/C=C(\C#N)Nc2ccccc2Cl)cc1. The van der Waals surface area contributed by atoms with Crippen LogP contribution >= 0.6 is 11.6 Å². The first-order valence-electron chi connectivity index (χ1n) is 8.09. The summed E-state index contributed by atoms with van der Waals surface area (Å²) in [5.74, 6) is 0.848. The molecule has 4 heteroatoms. The summed E-state index contributed by atoms with van der Waals surface area (Å²) in [7, 11) is 0. The first-order valence-corrected chi connectivity index (χ1v) is 8.47. The summed E-state index contributed by atoms with van der Waals surface area (Å²) in [5, 5.41) is 12.9. The molecule has 0 bridgehead atoms. The molecular formula is C20H21ClN2O. The van der Waals surface area contributed by atoms with Gasteiger partial charge >= 0.3 is 0 Å². The lowest BCUT2D eigenvalue weighted by Gasteiger charge is -2.08. The highest BCUT2D eigenvalue weighted by molar-refractivity contribution is 6.33. The lowest BCUT2D eigenvalue weighted by molar-refractivity contribution is 0.306. The van der Waals surface area contributed by atoms with Gasteiger partial charge in [0.2, 0.25) is 0 Å². The second-order valence-electron chi connectivity index (χ2n) is 5.40. The normalized spacial score (nSPS) is 11.0. The Hall–Kier alpha value is -2.44. The van der Waals surface area contributed by atoms with E-state index in [4.69, 9.17) is 16.3 Å². The smallest absolute Gasteiger partial charge is 0.119 e. The van der Waals surface area contributed by atoms with Crippen LogP contribution in [0.3, 0.4) is 0 Å². The number of hydrogen-bond donors (Lipinski definition) is 1. The molecule has 0 aromatic heterocycles. The van der Waals surface area contributed by atoms with Crippen molar-refractivity contribution in [3.63, 3.8) is 0 Å². The molecule has 0 fully saturated rings. The fraction of sp³-hybridized carbons (Fsp3) is 0.250. The molecule has 24 heavy (non-hydrogen) atoms. The molecule has 0 radical (unpaired) electrons. The highest BCUT2D eigenvalue weighted by atomic mass is 35.5. The number of nitrogens with one attached hydrogen (secondary N) is 1. The number of allylic oxidation sites excluding steroid dienone is 1. The Morgan fingerprint density at radius 2 is 1.92 bits per heavy atom. The highest BCUT2D eigenvalue weighted by Crippen LogP contribution is 2.23. The number of unbranched alkanes of at least 4 members (excludes halogenated alkanes) is 2. The van der Waals surface area contributed by atoms with Crippen molar-refractivity contribution in [2.45, 2.75) is 26.2 Å². The third-order valence-electron chi connectivity index (χ3n) is 3.47. The quantitative estimate of drug-likeness (QED) is 0.481. The van der Waals surface area contributed by atoms with E-state index in [2.05, 4.69) is 18.3 Å². The number of anilines is 1. The zero-order valence-electron chi connectivity index (χ0n) is 13.8. The first kappa shape index (κ1) is 17.9. The van der Waals surface area contributed by atoms with Gasteiger partial charge in [0.1, 0.15) is 17.5 Å². The van der Waals surface area contributed by atoms with Crippen LogP contribution < -0.4 is 10.1 Å². The molecule has 0 saturated heterocycles. The van der Waals surface area contributed by atoms with Crippen LogP contribution in [0.4, 0.5) is 5.69 Å². The van der Waals surface area contributed by atoms with E-state index in [0.29, 0.717) is 16.4 Å². The van der Waals surface area contributed by atoms with Gasteiger partial charge in [0.15, 0.2) is 0 Å². The van der Waals surface area contributed by atoms with E-state index < -0.39 is 0 Å². The summed E-state index contributed by atoms with van der Waals surface area (Å²) in [4.78, 5) is 0. The van der Waals surface area contributed by atoms with Crippen molar-refractivity contribution in [3.8, 4) is 11.8 Å². The first-order chi connectivity index (χ1) is 11.7. The lowest BCUT2D eigenvalue weighted by Crippen LogP contribution is -1.98. The van der Waals surface area contributed by atoms with E-state index >= 15 is 0 Å². The Labute approximate surface area is 148 Å². The maximum Gasteiger partial charge on any atom is 0.119 e. The molecule has 0 aliphatic rings. The molecule has 2 rings (SSSR count). The van der Waals surface area contributed by atoms with E-state index in [-0.39, 0.29) is 0 Å². The number of halogens is 1. The zero-order chi connectivity index (χ0) is 17.2. The predicted octanol–water partition coefficient (Wildman–Crippen LogP) is 5.89. The minimum Gasteiger partial charge on any atom is -0.494 e. The van der Waals surface area contributed by atoms with Crippen molar-refractivity contribution in [1.82, 2.24) is 0 Å². The second-order valence-corrected chi connectivity index (χ2v) is 5.81. The molecule has 0 amide bonds. The summed E-state index contributed by atoms with van der Waals surface area (Å²) in [6, 6.07) is 17.2. The molecule has 2 aromatic carbocycles. The van der Waals surface area contributed by atoms with Gasteiger partial charge in [-0.1, -0.05) is 55.6 Å². The third kappa shape index (κ3) is 5.64. The zero-order valence-corrected chi connectivity index (χ0v) is 14.5. The van der Waals surface area contributed by atoms with Gasteiger partial charge in [0.05, 0.1) is 17.3 Å². The minimum atomic E-state index is 0.430. The molecule has 0 aliphatic carbocycles. The van der Waals surface area contributed by atoms with Crippen molar-refractivity contribution in [3.05, 3.63) is 64.8 Å². The van der Waals surface area contributed by atoms with Crippen molar-refractivity contribution >= 4 is 23.4 Å². The van der Waals surface area contributed by atoms with Crippen molar-refractivity contribution in [2.75, 3.05) is 11.9 Å². The molecule has 0 aliphatic heterocycles. The Balaban J connectivity index is 2.00. The fourth-order valence-electron chi connectivity index (χ4n) is 2.17. The number of nitrogens with zero attached hydrogens (tertiary/aromatic N) is 1. The number of hydrogen-bond acceptors (Lipinski definition) is 3. The molecule has 2 aromatic rings. The van der Waals surface area contributed by atoms with Crippen molar-refractivity contribution < 1.29 is 4.74 Å². The molecular weight excluding hydrogens is 320 g/mol. The summed E-state index contributed by atoms with van der Waals surface area (Å²) in [6.07, 6.45) is 5.21. The third-order valence-corrected chi connectivity index (χ3v) is 3.80. The maximum absolute atomic E-state index is 9.31. The highest BCUT2D eigenvalue weighted by Gasteiger charge is 2.02. The van der Waals surface area contributed by atoms with E-state index in [0.717, 1.165) is 24.3 Å². The molecule has 0 saturated carbocycles. The summed E-state index contributed by atoms with van der Waals surface area (Å²) >= 11 is 6.10. The van der Waals surface area contributed by atoms with E-state index in [1.54, 1.807) is 12.1 Å². The van der Waals surface area contributed by atoms with Crippen molar-refractivity contribution in [1.29, 1.82) is 5.26 Å². The number of benzene rings is 2. The van der Waals surface area contributed by atoms with Gasteiger partial charge in [-0.15, -0.1) is 0 Å². The molecule has 3 nitrogen and oxygen atoms in total. The summed E-state index contributed by atoms with van der Waals surface area (Å²) < 4.78 is 5.69. The van der Waals surface area contributed by atoms with Gasteiger partial charge in [-0.05, 0) is 42.3 Å². The molecule has 0 atom stereocenters. The number of ether oxygens (including phenoxy) is 1. The van der Waals surface area contributed by atoms with Crippen LogP contribution in [-0.4, -0.2) is 6.61 Å². The predicted molar refractivity (Wildman–Crippen MR) is 100 cm³/mol. The Morgan fingerprint density at radius 1 is 1.17 bits per heavy atom. The maximum atomic E-state index is 9.31. The summed E-state index contributed by atoms with van der Waals surface area (Å²) in [6.45, 7) is 2.91. The Kier molecular flexibility index (Phi) is 7.20. The van der Waals surface area contributed by atoms with Crippen LogP contribution in [0.1, 0.15) is 31.7 Å². The second kappa shape index (κ2) is 9.64. The standard InChI is InChI=1S/C20H21ClN2O/c1-2-3-6-13-24-18-11-9-16(10-12-18)14-17(15-22)23-20-8-5-4-7-19(20)21/h4-5,7-12,14,23H,2-3,6,13H2,1H3/b17-14+. The van der Waals surface area contributed by atoms with Crippen LogP contribution in [0.15, 0.2) is 54.2 Å². The van der Waals surface area contributed by atoms with Crippen LogP contribution in [0.25, 0.3) is 6.08 Å². The van der Waals surface area contributed by atoms with Crippen LogP contribution in [0.5, 0.6) is 5.75 Å². The van der Waals surface area contributed by atoms with Crippen LogP contribution in [0.2, 0.25) is 5.02 Å². The molecule has 0 unspecified atom stereocenters. The van der Waals surface area contributed by atoms with Gasteiger partial charge in [-0.2, -0.15) is 5.26 Å². The van der Waals surface area contributed by atoms with Gasteiger partial charge in [0.25, 0.3) is 0 Å². The molecule has 1 N–H and O–H groups in total. The monoisotopic (exact) mass is 340 g/mol. The van der Waals surface area contributed by atoms with Crippen molar-refractivity contribution in [2.24, 2.45) is 0 Å². The molecule has 0 spiro atoms. The fourth-order valence-corrected chi connectivity index (χ4v) is 2.36. The minimum absolute atomic E-state index is 0.430. The van der Waals surface area contributed by atoms with Gasteiger partial charge in [-0.3, -0.25) is 0 Å². The van der Waals surface area contributed by atoms with E-state index in [1.165, 1.54) is 12.8 Å². The van der Waals surface area contributed by atoms with Gasteiger partial charge < -0.3 is 10.1 Å². The average Bonchev–Trinajstić information content (AvgIpc) is 2.61. The molecule has 0 heterocycles. The summed E-state index contributed by atoms with van der Waals surface area (Å²) in [5.41, 5.74) is 2.06. The van der Waals surface area contributed by atoms with Gasteiger partial charge in [-0.25, -0.2) is 0 Å². The Morgan fingerprint density at radius 3 is 2.58 bits per heavy atom. The number of nitriles is 1. The lowest BCUT2D eigenvalue weighted by atomic mass is 10.2. The Bertz CT molecular complexity index is 717. The number of para-hydroxylation sites is 1. The van der Waals surface area contributed by atoms with E-state index in [1.807, 2.05) is 42.5 Å². The van der Waals surface area contributed by atoms with E-state index in [9.17, 15) is 5.26 Å². The van der Waals surface area contributed by atoms with Crippen LogP contribution in [0, 0.1) is 11.3 Å². The average molecular weight is 341 g/mol. The largest absolute Gasteiger partial charge is 0.494 e. The van der Waals surface area contributed by atoms with Crippen LogP contribution in [-0.2, 0) is 0 Å².